The van der Waals surface area contributed by atoms with Crippen molar-refractivity contribution in [2.24, 2.45) is 0 Å². The number of anilines is 2. The van der Waals surface area contributed by atoms with Gasteiger partial charge >= 0.3 is 0 Å². The molecule has 7 heteroatoms. The lowest BCUT2D eigenvalue weighted by molar-refractivity contribution is 0.102. The Hall–Kier alpha value is -3.43. The van der Waals surface area contributed by atoms with Crippen molar-refractivity contribution in [1.82, 2.24) is 9.97 Å². The van der Waals surface area contributed by atoms with Crippen molar-refractivity contribution < 1.29 is 4.79 Å². The van der Waals surface area contributed by atoms with Gasteiger partial charge in [-0.2, -0.15) is 5.26 Å². The van der Waals surface area contributed by atoms with Gasteiger partial charge in [0.2, 0.25) is 5.95 Å². The number of carbonyl (C=O) groups is 1. The lowest BCUT2D eigenvalue weighted by atomic mass is 10.1. The van der Waals surface area contributed by atoms with Gasteiger partial charge in [-0.15, -0.1) is 0 Å². The Bertz CT molecular complexity index is 965. The molecule has 0 fully saturated rings. The number of nitrogens with zero attached hydrogens (tertiary/aromatic N) is 3. The highest BCUT2D eigenvalue weighted by molar-refractivity contribution is 6.30. The first-order valence-electron chi connectivity index (χ1n) is 8.26. The van der Waals surface area contributed by atoms with Crippen LogP contribution >= 0.6 is 11.6 Å². The maximum atomic E-state index is 12.3. The molecule has 2 aromatic carbocycles. The summed E-state index contributed by atoms with van der Waals surface area (Å²) in [5.41, 5.74) is 2.31. The monoisotopic (exact) mass is 377 g/mol. The average molecular weight is 378 g/mol. The molecule has 3 aromatic rings. The predicted molar refractivity (Wildman–Crippen MR) is 105 cm³/mol. The lowest BCUT2D eigenvalue weighted by Crippen LogP contribution is -2.14. The van der Waals surface area contributed by atoms with Crippen molar-refractivity contribution >= 4 is 29.1 Å². The molecular weight excluding hydrogens is 362 g/mol. The van der Waals surface area contributed by atoms with Crippen LogP contribution in [0.5, 0.6) is 0 Å². The molecule has 0 aliphatic carbocycles. The third-order valence-electron chi connectivity index (χ3n) is 3.82. The van der Waals surface area contributed by atoms with Crippen LogP contribution in [0.3, 0.4) is 0 Å². The normalized spacial score (nSPS) is 10.1. The van der Waals surface area contributed by atoms with Gasteiger partial charge in [0.25, 0.3) is 5.91 Å². The Morgan fingerprint density at radius 3 is 2.48 bits per heavy atom. The predicted octanol–water partition coefficient (Wildman–Crippen LogP) is 3.91. The number of benzene rings is 2. The molecule has 0 unspecified atom stereocenters. The summed E-state index contributed by atoms with van der Waals surface area (Å²) < 4.78 is 0. The first kappa shape index (κ1) is 18.4. The number of carbonyl (C=O) groups excluding carboxylic acids is 1. The molecule has 6 nitrogen and oxygen atoms in total. The van der Waals surface area contributed by atoms with E-state index in [4.69, 9.17) is 16.9 Å². The van der Waals surface area contributed by atoms with Crippen LogP contribution < -0.4 is 10.6 Å². The second-order valence-corrected chi connectivity index (χ2v) is 6.15. The number of halogens is 1. The van der Waals surface area contributed by atoms with Gasteiger partial charge in [-0.1, -0.05) is 35.9 Å². The largest absolute Gasteiger partial charge is 0.354 e. The van der Waals surface area contributed by atoms with Crippen molar-refractivity contribution in [2.75, 3.05) is 17.2 Å². The zero-order chi connectivity index (χ0) is 19.1. The van der Waals surface area contributed by atoms with E-state index in [1.807, 2.05) is 30.3 Å². The van der Waals surface area contributed by atoms with Crippen LogP contribution in [0.4, 0.5) is 11.6 Å². The van der Waals surface area contributed by atoms with Gasteiger partial charge in [-0.3, -0.25) is 4.79 Å². The number of rotatable bonds is 6. The summed E-state index contributed by atoms with van der Waals surface area (Å²) in [5, 5.41) is 15.6. The first-order chi connectivity index (χ1) is 13.2. The molecule has 0 bridgehead atoms. The number of hydrogen-bond donors (Lipinski definition) is 2. The number of para-hydroxylation sites is 1. The Balaban J connectivity index is 1.55. The molecule has 0 atom stereocenters. The summed E-state index contributed by atoms with van der Waals surface area (Å²) >= 11 is 5.87. The van der Waals surface area contributed by atoms with Crippen LogP contribution in [0.25, 0.3) is 0 Å². The van der Waals surface area contributed by atoms with Crippen LogP contribution in [-0.2, 0) is 6.42 Å². The van der Waals surface area contributed by atoms with E-state index in [-0.39, 0.29) is 5.91 Å². The highest BCUT2D eigenvalue weighted by atomic mass is 35.5. The van der Waals surface area contributed by atoms with E-state index in [0.717, 1.165) is 12.0 Å². The van der Waals surface area contributed by atoms with Gasteiger partial charge in [0, 0.05) is 24.0 Å². The molecule has 0 saturated carbocycles. The molecule has 134 valence electrons. The molecule has 0 aliphatic heterocycles. The van der Waals surface area contributed by atoms with Crippen LogP contribution in [0.2, 0.25) is 5.02 Å². The number of amides is 1. The Labute approximate surface area is 161 Å². The van der Waals surface area contributed by atoms with Crippen molar-refractivity contribution in [3.63, 3.8) is 0 Å². The van der Waals surface area contributed by atoms with E-state index in [9.17, 15) is 4.79 Å². The van der Waals surface area contributed by atoms with Gasteiger partial charge in [-0.05, 0) is 36.2 Å². The Morgan fingerprint density at radius 2 is 1.78 bits per heavy atom. The van der Waals surface area contributed by atoms with Crippen molar-refractivity contribution in [3.8, 4) is 6.07 Å². The summed E-state index contributed by atoms with van der Waals surface area (Å²) in [6.45, 7) is 0.655. The standard InChI is InChI=1S/C20H16ClN5O/c21-17-7-5-14(6-8-17)9-10-23-20-24-12-16(13-25-20)19(27)26-18-4-2-1-3-15(18)11-22/h1-8,12-13H,9-10H2,(H,26,27)(H,23,24,25). The Morgan fingerprint density at radius 1 is 1.07 bits per heavy atom. The van der Waals surface area contributed by atoms with E-state index in [2.05, 4.69) is 20.6 Å². The molecule has 0 saturated heterocycles. The van der Waals surface area contributed by atoms with Crippen molar-refractivity contribution in [1.29, 1.82) is 5.26 Å². The molecule has 0 spiro atoms. The molecule has 1 aromatic heterocycles. The molecule has 1 heterocycles. The maximum absolute atomic E-state index is 12.3. The topological polar surface area (TPSA) is 90.7 Å². The summed E-state index contributed by atoms with van der Waals surface area (Å²) in [6, 6.07) is 16.5. The molecular formula is C20H16ClN5O. The molecule has 2 N–H and O–H groups in total. The first-order valence-corrected chi connectivity index (χ1v) is 8.64. The van der Waals surface area contributed by atoms with Crippen LogP contribution in [0.1, 0.15) is 21.5 Å². The summed E-state index contributed by atoms with van der Waals surface area (Å²) in [6.07, 6.45) is 3.69. The zero-order valence-corrected chi connectivity index (χ0v) is 15.1. The average Bonchev–Trinajstić information content (AvgIpc) is 2.70. The molecule has 27 heavy (non-hydrogen) atoms. The van der Waals surface area contributed by atoms with E-state index >= 15 is 0 Å². The van der Waals surface area contributed by atoms with Gasteiger partial charge in [0.05, 0.1) is 16.8 Å². The van der Waals surface area contributed by atoms with E-state index in [0.29, 0.717) is 34.3 Å². The fourth-order valence-corrected chi connectivity index (χ4v) is 2.52. The lowest BCUT2D eigenvalue weighted by Gasteiger charge is -2.08. The third kappa shape index (κ3) is 5.03. The fourth-order valence-electron chi connectivity index (χ4n) is 2.39. The minimum atomic E-state index is -0.370. The van der Waals surface area contributed by atoms with Crippen LogP contribution in [0, 0.1) is 11.3 Å². The second kappa shape index (κ2) is 8.79. The smallest absolute Gasteiger partial charge is 0.258 e. The summed E-state index contributed by atoms with van der Waals surface area (Å²) in [7, 11) is 0. The van der Waals surface area contributed by atoms with Gasteiger partial charge in [0.15, 0.2) is 0 Å². The number of hydrogen-bond acceptors (Lipinski definition) is 5. The second-order valence-electron chi connectivity index (χ2n) is 5.71. The quantitative estimate of drug-likeness (QED) is 0.679. The summed E-state index contributed by atoms with van der Waals surface area (Å²) in [5.74, 6) is 0.0725. The van der Waals surface area contributed by atoms with E-state index in [1.165, 1.54) is 12.4 Å². The summed E-state index contributed by atoms with van der Waals surface area (Å²) in [4.78, 5) is 20.6. The number of nitriles is 1. The van der Waals surface area contributed by atoms with Crippen molar-refractivity contribution in [3.05, 3.63) is 82.6 Å². The van der Waals surface area contributed by atoms with Gasteiger partial charge < -0.3 is 10.6 Å². The zero-order valence-electron chi connectivity index (χ0n) is 14.3. The SMILES string of the molecule is N#Cc1ccccc1NC(=O)c1cnc(NCCc2ccc(Cl)cc2)nc1. The molecule has 0 aliphatic rings. The number of aromatic nitrogens is 2. The van der Waals surface area contributed by atoms with Crippen LogP contribution in [-0.4, -0.2) is 22.4 Å². The van der Waals surface area contributed by atoms with Gasteiger partial charge in [-0.25, -0.2) is 9.97 Å². The van der Waals surface area contributed by atoms with E-state index in [1.54, 1.807) is 24.3 Å². The maximum Gasteiger partial charge on any atom is 0.258 e. The number of nitrogens with one attached hydrogen (secondary N) is 2. The van der Waals surface area contributed by atoms with Crippen LogP contribution in [0.15, 0.2) is 60.9 Å². The molecule has 0 radical (unpaired) electrons. The highest BCUT2D eigenvalue weighted by Gasteiger charge is 2.10. The highest BCUT2D eigenvalue weighted by Crippen LogP contribution is 2.15. The van der Waals surface area contributed by atoms with Gasteiger partial charge in [0.1, 0.15) is 6.07 Å². The minimum absolute atomic E-state index is 0.311. The van der Waals surface area contributed by atoms with Crippen molar-refractivity contribution in [2.45, 2.75) is 6.42 Å². The Kier molecular flexibility index (Phi) is 5.98. The fraction of sp³-hybridized carbons (Fsp3) is 0.100. The minimum Gasteiger partial charge on any atom is -0.354 e. The third-order valence-corrected chi connectivity index (χ3v) is 4.07. The molecule has 1 amide bonds. The van der Waals surface area contributed by atoms with E-state index < -0.39 is 0 Å². The molecule has 3 rings (SSSR count).